The molecule has 3 aliphatic rings. The summed E-state index contributed by atoms with van der Waals surface area (Å²) in [7, 11) is 3.53. The molecule has 41 heavy (non-hydrogen) atoms. The maximum atomic E-state index is 13.7. The van der Waals surface area contributed by atoms with Crippen molar-refractivity contribution in [2.75, 3.05) is 26.1 Å². The van der Waals surface area contributed by atoms with Gasteiger partial charge in [0.15, 0.2) is 29.7 Å². The molecule has 0 saturated heterocycles. The molecule has 2 aliphatic carbocycles. The maximum Gasteiger partial charge on any atom is 0.262 e. The number of carbonyl (C=O) groups is 3. The topological polar surface area (TPSA) is 84.9 Å². The fourth-order valence-electron chi connectivity index (χ4n) is 6.37. The number of ether oxygens (including phenoxy) is 2. The molecule has 8 heteroatoms. The van der Waals surface area contributed by atoms with E-state index in [1.165, 1.54) is 7.11 Å². The number of allylic oxidation sites excluding steroid dienone is 4. The molecule has 1 amide bonds. The van der Waals surface area contributed by atoms with E-state index in [1.54, 1.807) is 30.3 Å². The van der Waals surface area contributed by atoms with Gasteiger partial charge in [-0.2, -0.15) is 0 Å². The average molecular weight is 577 g/mol. The van der Waals surface area contributed by atoms with Crippen LogP contribution in [0, 0.1) is 10.8 Å². The Morgan fingerprint density at radius 2 is 1.51 bits per heavy atom. The van der Waals surface area contributed by atoms with Crippen LogP contribution in [0.2, 0.25) is 5.02 Å². The second-order valence-corrected chi connectivity index (χ2v) is 13.2. The lowest BCUT2D eigenvalue weighted by Gasteiger charge is -2.47. The van der Waals surface area contributed by atoms with Gasteiger partial charge in [0.05, 0.1) is 17.8 Å². The number of hydrogen-bond acceptors (Lipinski definition) is 6. The zero-order valence-electron chi connectivity index (χ0n) is 24.5. The van der Waals surface area contributed by atoms with Crippen molar-refractivity contribution in [3.63, 3.8) is 0 Å². The lowest BCUT2D eigenvalue weighted by Crippen LogP contribution is -2.43. The number of nitrogens with one attached hydrogen (secondary N) is 1. The van der Waals surface area contributed by atoms with Gasteiger partial charge in [0.2, 0.25) is 0 Å². The minimum atomic E-state index is -0.477. The zero-order valence-corrected chi connectivity index (χ0v) is 25.3. The monoisotopic (exact) mass is 576 g/mol. The Balaban J connectivity index is 1.50. The molecule has 0 fully saturated rings. The number of methoxy groups -OCH3 is 1. The number of halogens is 1. The Bertz CT molecular complexity index is 1450. The lowest BCUT2D eigenvalue weighted by atomic mass is 9.64. The molecule has 2 aromatic carbocycles. The Labute approximate surface area is 246 Å². The molecule has 0 bridgehead atoms. The number of nitrogens with zero attached hydrogens (tertiary/aromatic N) is 1. The van der Waals surface area contributed by atoms with Crippen molar-refractivity contribution in [2.45, 2.75) is 59.3 Å². The van der Waals surface area contributed by atoms with Gasteiger partial charge in [-0.05, 0) is 53.5 Å². The van der Waals surface area contributed by atoms with E-state index in [9.17, 15) is 14.4 Å². The van der Waals surface area contributed by atoms with Gasteiger partial charge in [0, 0.05) is 48.3 Å². The van der Waals surface area contributed by atoms with E-state index in [1.807, 2.05) is 19.2 Å². The summed E-state index contributed by atoms with van der Waals surface area (Å²) in [6.45, 7) is 8.23. The van der Waals surface area contributed by atoms with E-state index in [0.717, 1.165) is 29.8 Å². The van der Waals surface area contributed by atoms with E-state index in [2.05, 4.69) is 37.9 Å². The SMILES string of the molecule is COc1cc(C2C3=C(CC(C)(C)CC3=O)N(C)C3=C2C(=O)CC(C)(C)C3)ccc1OCC(=O)Nc1ccccc1Cl. The molecule has 0 unspecified atom stereocenters. The van der Waals surface area contributed by atoms with Crippen molar-refractivity contribution in [1.82, 2.24) is 4.90 Å². The van der Waals surface area contributed by atoms with E-state index in [0.29, 0.717) is 46.2 Å². The van der Waals surface area contributed by atoms with Crippen LogP contribution in [0.5, 0.6) is 11.5 Å². The molecule has 0 aromatic heterocycles. The highest BCUT2D eigenvalue weighted by Crippen LogP contribution is 2.54. The molecular weight excluding hydrogens is 540 g/mol. The van der Waals surface area contributed by atoms with Gasteiger partial charge in [-0.15, -0.1) is 0 Å². The third-order valence-electron chi connectivity index (χ3n) is 8.21. The molecule has 1 N–H and O–H groups in total. The summed E-state index contributed by atoms with van der Waals surface area (Å²) in [6, 6.07) is 12.4. The minimum absolute atomic E-state index is 0.0767. The summed E-state index contributed by atoms with van der Waals surface area (Å²) >= 11 is 6.15. The average Bonchev–Trinajstić information content (AvgIpc) is 2.89. The highest BCUT2D eigenvalue weighted by atomic mass is 35.5. The number of para-hydroxylation sites is 1. The van der Waals surface area contributed by atoms with E-state index < -0.39 is 5.92 Å². The maximum absolute atomic E-state index is 13.7. The number of rotatable bonds is 6. The highest BCUT2D eigenvalue weighted by molar-refractivity contribution is 6.33. The largest absolute Gasteiger partial charge is 0.493 e. The van der Waals surface area contributed by atoms with Crippen molar-refractivity contribution >= 4 is 34.8 Å². The van der Waals surface area contributed by atoms with Gasteiger partial charge in [-0.1, -0.05) is 57.5 Å². The summed E-state index contributed by atoms with van der Waals surface area (Å²) in [5, 5.41) is 3.18. The van der Waals surface area contributed by atoms with Crippen LogP contribution >= 0.6 is 11.6 Å². The first kappa shape index (κ1) is 28.9. The molecule has 0 spiro atoms. The minimum Gasteiger partial charge on any atom is -0.493 e. The van der Waals surface area contributed by atoms with E-state index in [4.69, 9.17) is 21.1 Å². The fraction of sp³-hybridized carbons (Fsp3) is 0.424. The molecule has 0 radical (unpaired) electrons. The normalized spacial score (nSPS) is 20.0. The first-order valence-electron chi connectivity index (χ1n) is 13.9. The van der Waals surface area contributed by atoms with Crippen LogP contribution in [0.3, 0.4) is 0 Å². The predicted molar refractivity (Wildman–Crippen MR) is 159 cm³/mol. The van der Waals surface area contributed by atoms with Crippen LogP contribution in [-0.2, 0) is 14.4 Å². The molecule has 1 aliphatic heterocycles. The Morgan fingerprint density at radius 1 is 0.927 bits per heavy atom. The standard InChI is InChI=1S/C33H37ClN2O5/c1-32(2)14-22-30(24(37)16-32)29(31-23(36(22)5)15-33(3,4)17-25(31)38)19-11-12-26(27(13-19)40-6)41-18-28(39)35-21-10-8-7-9-20(21)34/h7-13,29H,14-18H2,1-6H3,(H,35,39). The Hall–Kier alpha value is -3.58. The van der Waals surface area contributed by atoms with Crippen LogP contribution in [0.25, 0.3) is 0 Å². The number of ketones is 2. The Morgan fingerprint density at radius 3 is 2.07 bits per heavy atom. The molecule has 7 nitrogen and oxygen atoms in total. The highest BCUT2D eigenvalue weighted by Gasteiger charge is 2.48. The summed E-state index contributed by atoms with van der Waals surface area (Å²) in [4.78, 5) is 42.1. The number of Topliss-reactive ketones (excluding diaryl/α,β-unsaturated/α-hetero) is 2. The number of benzene rings is 2. The van der Waals surface area contributed by atoms with Crippen LogP contribution in [0.4, 0.5) is 5.69 Å². The van der Waals surface area contributed by atoms with Gasteiger partial charge < -0.3 is 19.7 Å². The van der Waals surface area contributed by atoms with Crippen molar-refractivity contribution in [3.8, 4) is 11.5 Å². The molecule has 0 saturated carbocycles. The smallest absolute Gasteiger partial charge is 0.262 e. The van der Waals surface area contributed by atoms with Crippen LogP contribution in [0.1, 0.15) is 64.9 Å². The first-order chi connectivity index (χ1) is 19.3. The molecule has 2 aromatic rings. The van der Waals surface area contributed by atoms with Gasteiger partial charge in [0.25, 0.3) is 5.91 Å². The van der Waals surface area contributed by atoms with Crippen LogP contribution in [-0.4, -0.2) is 43.1 Å². The van der Waals surface area contributed by atoms with E-state index in [-0.39, 0.29) is 34.9 Å². The molecule has 0 atom stereocenters. The third-order valence-corrected chi connectivity index (χ3v) is 8.54. The summed E-state index contributed by atoms with van der Waals surface area (Å²) in [5.74, 6) is 0.114. The van der Waals surface area contributed by atoms with Gasteiger partial charge in [-0.3, -0.25) is 14.4 Å². The second kappa shape index (κ2) is 10.7. The summed E-state index contributed by atoms with van der Waals surface area (Å²) in [5.41, 5.74) is 4.36. The van der Waals surface area contributed by atoms with Gasteiger partial charge >= 0.3 is 0 Å². The van der Waals surface area contributed by atoms with Gasteiger partial charge in [-0.25, -0.2) is 0 Å². The first-order valence-corrected chi connectivity index (χ1v) is 14.3. The predicted octanol–water partition coefficient (Wildman–Crippen LogP) is 6.68. The van der Waals surface area contributed by atoms with Crippen molar-refractivity contribution in [2.24, 2.45) is 10.8 Å². The number of anilines is 1. The fourth-order valence-corrected chi connectivity index (χ4v) is 6.56. The molecule has 1 heterocycles. The van der Waals surface area contributed by atoms with E-state index >= 15 is 0 Å². The van der Waals surface area contributed by atoms with Crippen LogP contribution in [0.15, 0.2) is 65.0 Å². The number of amides is 1. The van der Waals surface area contributed by atoms with Crippen molar-refractivity contribution in [1.29, 1.82) is 0 Å². The zero-order chi connectivity index (χ0) is 29.7. The number of carbonyl (C=O) groups excluding carboxylic acids is 3. The molecule has 216 valence electrons. The summed E-state index contributed by atoms with van der Waals surface area (Å²) < 4.78 is 11.5. The Kier molecular flexibility index (Phi) is 7.53. The van der Waals surface area contributed by atoms with Crippen molar-refractivity contribution < 1.29 is 23.9 Å². The number of hydrogen-bond donors (Lipinski definition) is 1. The summed E-state index contributed by atoms with van der Waals surface area (Å²) in [6.07, 6.45) is 2.37. The lowest BCUT2D eigenvalue weighted by molar-refractivity contribution is -0.120. The van der Waals surface area contributed by atoms with Crippen molar-refractivity contribution in [3.05, 3.63) is 75.6 Å². The second-order valence-electron chi connectivity index (χ2n) is 12.8. The molecular formula is C33H37ClN2O5. The quantitative estimate of drug-likeness (QED) is 0.413. The van der Waals surface area contributed by atoms with Gasteiger partial charge in [0.1, 0.15) is 0 Å². The third kappa shape index (κ3) is 5.65. The molecule has 5 rings (SSSR count). The van der Waals surface area contributed by atoms with Crippen LogP contribution < -0.4 is 14.8 Å².